The van der Waals surface area contributed by atoms with Crippen LogP contribution >= 0.6 is 11.8 Å². The second kappa shape index (κ2) is 5.75. The molecule has 15 heavy (non-hydrogen) atoms. The van der Waals surface area contributed by atoms with E-state index in [0.29, 0.717) is 5.25 Å². The fraction of sp³-hybridized carbons (Fsp3) is 0.909. The Kier molecular flexibility index (Phi) is 4.93. The molecule has 1 heterocycles. The van der Waals surface area contributed by atoms with Gasteiger partial charge in [-0.05, 0) is 5.92 Å². The van der Waals surface area contributed by atoms with Crippen LogP contribution in [0.5, 0.6) is 0 Å². The molecule has 0 aromatic carbocycles. The number of amides is 1. The lowest BCUT2D eigenvalue weighted by atomic mass is 9.99. The molecule has 0 bridgehead atoms. The predicted octanol–water partition coefficient (Wildman–Crippen LogP) is 1.32. The monoisotopic (exact) mass is 230 g/mol. The van der Waals surface area contributed by atoms with Crippen LogP contribution in [0.3, 0.4) is 0 Å². The van der Waals surface area contributed by atoms with Crippen molar-refractivity contribution in [1.82, 2.24) is 4.90 Å². The molecule has 1 rings (SSSR count). The van der Waals surface area contributed by atoms with E-state index in [1.54, 1.807) is 0 Å². The van der Waals surface area contributed by atoms with Crippen molar-refractivity contribution < 1.29 is 4.79 Å². The van der Waals surface area contributed by atoms with Crippen molar-refractivity contribution in [2.45, 2.75) is 38.5 Å². The van der Waals surface area contributed by atoms with E-state index in [9.17, 15) is 4.79 Å². The second-order valence-electron chi connectivity index (χ2n) is 4.38. The highest BCUT2D eigenvalue weighted by atomic mass is 32.2. The van der Waals surface area contributed by atoms with E-state index in [2.05, 4.69) is 13.8 Å². The molecule has 1 amide bonds. The molecule has 2 N–H and O–H groups in total. The van der Waals surface area contributed by atoms with Crippen LogP contribution in [0.15, 0.2) is 0 Å². The number of hydrogen-bond acceptors (Lipinski definition) is 3. The highest BCUT2D eigenvalue weighted by molar-refractivity contribution is 7.99. The van der Waals surface area contributed by atoms with Crippen LogP contribution in [-0.2, 0) is 4.79 Å². The average Bonchev–Trinajstić information content (AvgIpc) is 2.26. The molecule has 0 saturated carbocycles. The third-order valence-electron chi connectivity index (χ3n) is 3.09. The zero-order valence-electron chi connectivity index (χ0n) is 9.90. The molecule has 0 aliphatic carbocycles. The maximum Gasteiger partial charge on any atom is 0.239 e. The summed E-state index contributed by atoms with van der Waals surface area (Å²) in [5.74, 6) is 1.46. The Morgan fingerprint density at radius 1 is 1.67 bits per heavy atom. The van der Waals surface area contributed by atoms with E-state index in [0.717, 1.165) is 25.3 Å². The molecule has 88 valence electrons. The molecule has 3 atom stereocenters. The van der Waals surface area contributed by atoms with Crippen LogP contribution in [0, 0.1) is 5.92 Å². The molecule has 4 heteroatoms. The number of hydrogen-bond donors (Lipinski definition) is 1. The fourth-order valence-electron chi connectivity index (χ4n) is 1.73. The molecular weight excluding hydrogens is 208 g/mol. The number of carbonyl (C=O) groups is 1. The van der Waals surface area contributed by atoms with Crippen LogP contribution in [-0.4, -0.2) is 40.9 Å². The quantitative estimate of drug-likeness (QED) is 0.795. The van der Waals surface area contributed by atoms with Crippen molar-refractivity contribution in [2.75, 3.05) is 18.8 Å². The van der Waals surface area contributed by atoms with Crippen molar-refractivity contribution in [3.05, 3.63) is 0 Å². The van der Waals surface area contributed by atoms with Crippen LogP contribution in [0.4, 0.5) is 0 Å². The van der Waals surface area contributed by atoms with E-state index in [4.69, 9.17) is 5.73 Å². The molecule has 0 spiro atoms. The van der Waals surface area contributed by atoms with Gasteiger partial charge < -0.3 is 10.6 Å². The molecule has 1 aliphatic heterocycles. The summed E-state index contributed by atoms with van der Waals surface area (Å²) in [5, 5.41) is 0.548. The average molecular weight is 230 g/mol. The van der Waals surface area contributed by atoms with E-state index in [-0.39, 0.29) is 17.9 Å². The molecule has 0 aromatic heterocycles. The maximum absolute atomic E-state index is 12.0. The SMILES string of the molecule is CC[C@H](C)[C@H](N)C(=O)N1CCSC(C)C1. The van der Waals surface area contributed by atoms with Gasteiger partial charge in [0.15, 0.2) is 0 Å². The van der Waals surface area contributed by atoms with Gasteiger partial charge in [-0.2, -0.15) is 11.8 Å². The summed E-state index contributed by atoms with van der Waals surface area (Å²) in [5.41, 5.74) is 5.95. The lowest BCUT2D eigenvalue weighted by Crippen LogP contribution is -2.51. The largest absolute Gasteiger partial charge is 0.339 e. The Morgan fingerprint density at radius 3 is 2.87 bits per heavy atom. The molecule has 1 fully saturated rings. The van der Waals surface area contributed by atoms with E-state index in [1.165, 1.54) is 0 Å². The third kappa shape index (κ3) is 3.38. The van der Waals surface area contributed by atoms with Crippen LogP contribution < -0.4 is 5.73 Å². The Morgan fingerprint density at radius 2 is 2.33 bits per heavy atom. The lowest BCUT2D eigenvalue weighted by Gasteiger charge is -2.33. The van der Waals surface area contributed by atoms with Gasteiger partial charge in [-0.3, -0.25) is 4.79 Å². The van der Waals surface area contributed by atoms with Crippen LogP contribution in [0.25, 0.3) is 0 Å². The third-order valence-corrected chi connectivity index (χ3v) is 4.23. The van der Waals surface area contributed by atoms with Gasteiger partial charge in [0.2, 0.25) is 5.91 Å². The van der Waals surface area contributed by atoms with Crippen molar-refractivity contribution in [3.63, 3.8) is 0 Å². The molecule has 1 unspecified atom stereocenters. The summed E-state index contributed by atoms with van der Waals surface area (Å²) in [6.45, 7) is 8.00. The van der Waals surface area contributed by atoms with Crippen molar-refractivity contribution in [3.8, 4) is 0 Å². The fourth-order valence-corrected chi connectivity index (χ4v) is 2.74. The molecule has 1 saturated heterocycles. The van der Waals surface area contributed by atoms with E-state index >= 15 is 0 Å². The number of nitrogens with zero attached hydrogens (tertiary/aromatic N) is 1. The normalized spacial score (nSPS) is 26.1. The van der Waals surface area contributed by atoms with E-state index < -0.39 is 0 Å². The molecule has 1 aliphatic rings. The highest BCUT2D eigenvalue weighted by Gasteiger charge is 2.27. The summed E-state index contributed by atoms with van der Waals surface area (Å²) in [6, 6.07) is -0.315. The minimum absolute atomic E-state index is 0.136. The molecular formula is C11H22N2OS. The van der Waals surface area contributed by atoms with Gasteiger partial charge in [0, 0.05) is 24.1 Å². The first-order chi connectivity index (χ1) is 7.06. The zero-order chi connectivity index (χ0) is 11.4. The minimum atomic E-state index is -0.315. The topological polar surface area (TPSA) is 46.3 Å². The zero-order valence-corrected chi connectivity index (χ0v) is 10.7. The van der Waals surface area contributed by atoms with Gasteiger partial charge >= 0.3 is 0 Å². The minimum Gasteiger partial charge on any atom is -0.339 e. The Hall–Kier alpha value is -0.220. The standard InChI is InChI=1S/C11H22N2OS/c1-4-8(2)10(12)11(14)13-5-6-15-9(3)7-13/h8-10H,4-7,12H2,1-3H3/t8-,9?,10-/m0/s1. The first kappa shape index (κ1) is 12.8. The van der Waals surface area contributed by atoms with Gasteiger partial charge in [0.25, 0.3) is 0 Å². The number of carbonyl (C=O) groups excluding carboxylic acids is 1. The molecule has 0 radical (unpaired) electrons. The summed E-state index contributed by atoms with van der Waals surface area (Å²) in [6.07, 6.45) is 0.963. The molecule has 0 aromatic rings. The lowest BCUT2D eigenvalue weighted by molar-refractivity contribution is -0.133. The Bertz CT molecular complexity index is 223. The molecule has 3 nitrogen and oxygen atoms in total. The van der Waals surface area contributed by atoms with Crippen molar-refractivity contribution >= 4 is 17.7 Å². The van der Waals surface area contributed by atoms with Gasteiger partial charge in [0.1, 0.15) is 0 Å². The Labute approximate surface area is 96.8 Å². The van der Waals surface area contributed by atoms with Gasteiger partial charge in [-0.25, -0.2) is 0 Å². The summed E-state index contributed by atoms with van der Waals surface area (Å²) >= 11 is 1.93. The first-order valence-electron chi connectivity index (χ1n) is 5.72. The summed E-state index contributed by atoms with van der Waals surface area (Å²) < 4.78 is 0. The first-order valence-corrected chi connectivity index (χ1v) is 6.77. The second-order valence-corrected chi connectivity index (χ2v) is 5.92. The number of nitrogens with two attached hydrogens (primary N) is 1. The maximum atomic E-state index is 12.0. The number of rotatable bonds is 3. The van der Waals surface area contributed by atoms with Gasteiger partial charge in [-0.15, -0.1) is 0 Å². The Balaban J connectivity index is 2.51. The highest BCUT2D eigenvalue weighted by Crippen LogP contribution is 2.19. The summed E-state index contributed by atoms with van der Waals surface area (Å²) in [7, 11) is 0. The van der Waals surface area contributed by atoms with E-state index in [1.807, 2.05) is 23.6 Å². The van der Waals surface area contributed by atoms with Crippen molar-refractivity contribution in [2.24, 2.45) is 11.7 Å². The van der Waals surface area contributed by atoms with Gasteiger partial charge in [-0.1, -0.05) is 27.2 Å². The van der Waals surface area contributed by atoms with Crippen LogP contribution in [0.1, 0.15) is 27.2 Å². The summed E-state index contributed by atoms with van der Waals surface area (Å²) in [4.78, 5) is 14.0. The van der Waals surface area contributed by atoms with Gasteiger partial charge in [0.05, 0.1) is 6.04 Å². The van der Waals surface area contributed by atoms with Crippen LogP contribution in [0.2, 0.25) is 0 Å². The number of thioether (sulfide) groups is 1. The van der Waals surface area contributed by atoms with Crippen molar-refractivity contribution in [1.29, 1.82) is 0 Å². The smallest absolute Gasteiger partial charge is 0.239 e. The predicted molar refractivity (Wildman–Crippen MR) is 65.9 cm³/mol.